The number of carbonyl (C=O) groups is 1. The van der Waals surface area contributed by atoms with Gasteiger partial charge in [0, 0.05) is 43.3 Å². The van der Waals surface area contributed by atoms with E-state index in [-0.39, 0.29) is 12.0 Å². The first-order chi connectivity index (χ1) is 12.6. The zero-order valence-corrected chi connectivity index (χ0v) is 15.1. The summed E-state index contributed by atoms with van der Waals surface area (Å²) in [5.74, 6) is 1.28. The van der Waals surface area contributed by atoms with Crippen LogP contribution in [-0.2, 0) is 4.74 Å². The molecule has 136 valence electrons. The van der Waals surface area contributed by atoms with E-state index in [1.54, 1.807) is 17.3 Å². The van der Waals surface area contributed by atoms with Gasteiger partial charge in [-0.15, -0.1) is 0 Å². The number of hydrogen-bond acceptors (Lipinski definition) is 6. The van der Waals surface area contributed by atoms with Crippen LogP contribution in [0.4, 0.5) is 5.69 Å². The molecule has 7 nitrogen and oxygen atoms in total. The van der Waals surface area contributed by atoms with Crippen LogP contribution in [0.3, 0.4) is 0 Å². The number of hydrogen-bond donors (Lipinski definition) is 1. The first kappa shape index (κ1) is 16.9. The monoisotopic (exact) mass is 353 g/mol. The molecular weight excluding hydrogens is 330 g/mol. The first-order valence-corrected chi connectivity index (χ1v) is 9.03. The van der Waals surface area contributed by atoms with Crippen LogP contribution in [0.1, 0.15) is 52.4 Å². The summed E-state index contributed by atoms with van der Waals surface area (Å²) in [5.41, 5.74) is 3.28. The maximum atomic E-state index is 12.8. The molecule has 1 aliphatic carbocycles. The standard InChI is InChI=1S/C19H23N5O2/c1-12-7-15(20-2)8-16(23-12)17-11-24(5-6-26-17)19(25)14-9-21-18(22-10-14)13-3-4-13/h7-10,13,17H,3-6,11H2,1-2H3,(H,20,23)/t17-/m0/s1. The molecule has 7 heteroatoms. The molecular formula is C19H23N5O2. The molecule has 2 aromatic heterocycles. The molecule has 4 rings (SSSR count). The zero-order valence-electron chi connectivity index (χ0n) is 15.1. The highest BCUT2D eigenvalue weighted by Crippen LogP contribution is 2.37. The molecule has 0 spiro atoms. The fourth-order valence-corrected chi connectivity index (χ4v) is 3.20. The molecule has 0 unspecified atom stereocenters. The fourth-order valence-electron chi connectivity index (χ4n) is 3.20. The Morgan fingerprint density at radius 2 is 2.04 bits per heavy atom. The lowest BCUT2D eigenvalue weighted by Crippen LogP contribution is -2.42. The number of ether oxygens (including phenoxy) is 1. The van der Waals surface area contributed by atoms with Crippen LogP contribution in [0.2, 0.25) is 0 Å². The lowest BCUT2D eigenvalue weighted by atomic mass is 10.1. The predicted octanol–water partition coefficient (Wildman–Crippen LogP) is 2.31. The second-order valence-corrected chi connectivity index (χ2v) is 6.89. The summed E-state index contributed by atoms with van der Waals surface area (Å²) in [7, 11) is 1.88. The van der Waals surface area contributed by atoms with E-state index in [1.165, 1.54) is 0 Å². The SMILES string of the molecule is CNc1cc(C)nc([C@@H]2CN(C(=O)c3cnc(C4CC4)nc3)CCO2)c1. The van der Waals surface area contributed by atoms with Crippen molar-refractivity contribution in [3.63, 3.8) is 0 Å². The molecule has 2 aromatic rings. The molecule has 1 atom stereocenters. The average molecular weight is 353 g/mol. The normalized spacial score (nSPS) is 20.1. The van der Waals surface area contributed by atoms with Crippen LogP contribution in [0, 0.1) is 6.92 Å². The van der Waals surface area contributed by atoms with Gasteiger partial charge in [0.25, 0.3) is 5.91 Å². The number of aryl methyl sites for hydroxylation is 1. The second kappa shape index (κ2) is 6.99. The third-order valence-corrected chi connectivity index (χ3v) is 4.81. The average Bonchev–Trinajstić information content (AvgIpc) is 3.52. The lowest BCUT2D eigenvalue weighted by molar-refractivity contribution is -0.0247. The topological polar surface area (TPSA) is 80.2 Å². The summed E-state index contributed by atoms with van der Waals surface area (Å²) in [6, 6.07) is 3.95. The van der Waals surface area contributed by atoms with E-state index in [9.17, 15) is 4.79 Å². The van der Waals surface area contributed by atoms with Crippen LogP contribution in [0.25, 0.3) is 0 Å². The highest BCUT2D eigenvalue weighted by molar-refractivity contribution is 5.93. The third kappa shape index (κ3) is 3.53. The van der Waals surface area contributed by atoms with Crippen LogP contribution in [-0.4, -0.2) is 52.5 Å². The Morgan fingerprint density at radius 3 is 2.73 bits per heavy atom. The number of carbonyl (C=O) groups excluding carboxylic acids is 1. The van der Waals surface area contributed by atoms with E-state index in [2.05, 4.69) is 20.3 Å². The van der Waals surface area contributed by atoms with Gasteiger partial charge in [0.15, 0.2) is 0 Å². The Morgan fingerprint density at radius 1 is 1.27 bits per heavy atom. The van der Waals surface area contributed by atoms with Gasteiger partial charge in [-0.2, -0.15) is 0 Å². The number of rotatable bonds is 4. The summed E-state index contributed by atoms with van der Waals surface area (Å²) in [4.78, 5) is 27.9. The van der Waals surface area contributed by atoms with Gasteiger partial charge < -0.3 is 15.0 Å². The Labute approximate surface area is 152 Å². The minimum atomic E-state index is -0.230. The molecule has 2 aliphatic rings. The van der Waals surface area contributed by atoms with E-state index in [0.29, 0.717) is 31.2 Å². The summed E-state index contributed by atoms with van der Waals surface area (Å²) in [5, 5.41) is 3.13. The number of amides is 1. The van der Waals surface area contributed by atoms with Crippen molar-refractivity contribution in [3.8, 4) is 0 Å². The molecule has 0 bridgehead atoms. The van der Waals surface area contributed by atoms with E-state index in [1.807, 2.05) is 26.1 Å². The molecule has 1 aliphatic heterocycles. The van der Waals surface area contributed by atoms with Crippen LogP contribution in [0.5, 0.6) is 0 Å². The van der Waals surface area contributed by atoms with E-state index >= 15 is 0 Å². The van der Waals surface area contributed by atoms with Gasteiger partial charge in [-0.05, 0) is 31.9 Å². The quantitative estimate of drug-likeness (QED) is 0.909. The fraction of sp³-hybridized carbons (Fsp3) is 0.474. The van der Waals surface area contributed by atoms with Gasteiger partial charge in [0.1, 0.15) is 11.9 Å². The highest BCUT2D eigenvalue weighted by Gasteiger charge is 2.29. The molecule has 1 amide bonds. The first-order valence-electron chi connectivity index (χ1n) is 9.03. The van der Waals surface area contributed by atoms with Crippen molar-refractivity contribution in [2.45, 2.75) is 31.8 Å². The number of morpholine rings is 1. The predicted molar refractivity (Wildman–Crippen MR) is 97.1 cm³/mol. The maximum absolute atomic E-state index is 12.8. The number of pyridine rings is 1. The third-order valence-electron chi connectivity index (χ3n) is 4.81. The molecule has 0 radical (unpaired) electrons. The number of aromatic nitrogens is 3. The zero-order chi connectivity index (χ0) is 18.1. The van der Waals surface area contributed by atoms with Crippen LogP contribution >= 0.6 is 0 Å². The molecule has 1 N–H and O–H groups in total. The minimum Gasteiger partial charge on any atom is -0.388 e. The van der Waals surface area contributed by atoms with Gasteiger partial charge in [0.2, 0.25) is 0 Å². The van der Waals surface area contributed by atoms with Crippen molar-refractivity contribution >= 4 is 11.6 Å². The Kier molecular flexibility index (Phi) is 4.55. The van der Waals surface area contributed by atoms with E-state index in [4.69, 9.17) is 4.74 Å². The van der Waals surface area contributed by atoms with Crippen molar-refractivity contribution in [2.75, 3.05) is 32.1 Å². The minimum absolute atomic E-state index is 0.0536. The van der Waals surface area contributed by atoms with Crippen molar-refractivity contribution in [1.82, 2.24) is 19.9 Å². The van der Waals surface area contributed by atoms with E-state index in [0.717, 1.165) is 35.7 Å². The van der Waals surface area contributed by atoms with Crippen molar-refractivity contribution < 1.29 is 9.53 Å². The number of anilines is 1. The molecule has 0 aromatic carbocycles. The van der Waals surface area contributed by atoms with Gasteiger partial charge in [-0.1, -0.05) is 0 Å². The van der Waals surface area contributed by atoms with Crippen LogP contribution in [0.15, 0.2) is 24.5 Å². The summed E-state index contributed by atoms with van der Waals surface area (Å²) >= 11 is 0. The van der Waals surface area contributed by atoms with Crippen LogP contribution < -0.4 is 5.32 Å². The Hall–Kier alpha value is -2.54. The van der Waals surface area contributed by atoms with Gasteiger partial charge >= 0.3 is 0 Å². The highest BCUT2D eigenvalue weighted by atomic mass is 16.5. The van der Waals surface area contributed by atoms with Crippen molar-refractivity contribution in [1.29, 1.82) is 0 Å². The summed E-state index contributed by atoms with van der Waals surface area (Å²) in [6.07, 6.45) is 5.37. The number of nitrogens with zero attached hydrogens (tertiary/aromatic N) is 4. The van der Waals surface area contributed by atoms with Crippen molar-refractivity contribution in [3.05, 3.63) is 47.3 Å². The maximum Gasteiger partial charge on any atom is 0.257 e. The summed E-state index contributed by atoms with van der Waals surface area (Å²) in [6.45, 7) is 3.48. The van der Waals surface area contributed by atoms with E-state index < -0.39 is 0 Å². The molecule has 26 heavy (non-hydrogen) atoms. The molecule has 1 saturated heterocycles. The Balaban J connectivity index is 1.49. The van der Waals surface area contributed by atoms with Crippen molar-refractivity contribution in [2.24, 2.45) is 0 Å². The molecule has 1 saturated carbocycles. The largest absolute Gasteiger partial charge is 0.388 e. The number of nitrogens with one attached hydrogen (secondary N) is 1. The second-order valence-electron chi connectivity index (χ2n) is 6.89. The summed E-state index contributed by atoms with van der Waals surface area (Å²) < 4.78 is 5.88. The van der Waals surface area contributed by atoms with Gasteiger partial charge in [0.05, 0.1) is 24.4 Å². The van der Waals surface area contributed by atoms with Gasteiger partial charge in [-0.3, -0.25) is 9.78 Å². The Bertz CT molecular complexity index is 804. The molecule has 3 heterocycles. The lowest BCUT2D eigenvalue weighted by Gasteiger charge is -2.33. The smallest absolute Gasteiger partial charge is 0.257 e. The van der Waals surface area contributed by atoms with Gasteiger partial charge in [-0.25, -0.2) is 9.97 Å². The molecule has 2 fully saturated rings.